The van der Waals surface area contributed by atoms with Crippen molar-refractivity contribution in [3.63, 3.8) is 0 Å². The van der Waals surface area contributed by atoms with E-state index in [9.17, 15) is 0 Å². The van der Waals surface area contributed by atoms with Crippen molar-refractivity contribution in [2.75, 3.05) is 19.8 Å². The number of aromatic nitrogens is 1. The van der Waals surface area contributed by atoms with Gasteiger partial charge in [-0.1, -0.05) is 38.1 Å². The molecule has 0 spiro atoms. The molecular weight excluding hydrogens is 248 g/mol. The van der Waals surface area contributed by atoms with Crippen molar-refractivity contribution in [3.05, 3.63) is 42.1 Å². The van der Waals surface area contributed by atoms with E-state index in [0.717, 1.165) is 43.8 Å². The monoisotopic (exact) mass is 272 g/mol. The van der Waals surface area contributed by atoms with Crippen molar-refractivity contribution in [1.82, 2.24) is 10.3 Å². The lowest BCUT2D eigenvalue weighted by atomic mass is 10.1. The van der Waals surface area contributed by atoms with E-state index in [4.69, 9.17) is 9.72 Å². The van der Waals surface area contributed by atoms with Crippen LogP contribution >= 0.6 is 0 Å². The third-order valence-corrected chi connectivity index (χ3v) is 3.27. The molecule has 20 heavy (non-hydrogen) atoms. The zero-order valence-corrected chi connectivity index (χ0v) is 12.4. The van der Waals surface area contributed by atoms with Crippen LogP contribution in [0, 0.1) is 0 Å². The zero-order valence-electron chi connectivity index (χ0n) is 12.4. The first kappa shape index (κ1) is 14.9. The first-order valence-electron chi connectivity index (χ1n) is 7.49. The van der Waals surface area contributed by atoms with E-state index in [1.165, 1.54) is 5.39 Å². The SMILES string of the molecule is CCCOCC(Cc1ccc2ccccc2n1)NCC. The fourth-order valence-corrected chi connectivity index (χ4v) is 2.32. The molecule has 108 valence electrons. The van der Waals surface area contributed by atoms with Gasteiger partial charge in [-0.15, -0.1) is 0 Å². The summed E-state index contributed by atoms with van der Waals surface area (Å²) in [5.41, 5.74) is 2.18. The van der Waals surface area contributed by atoms with Crippen LogP contribution in [0.25, 0.3) is 10.9 Å². The second-order valence-electron chi connectivity index (χ2n) is 5.03. The molecule has 0 aliphatic carbocycles. The Bertz CT molecular complexity index is 527. The molecule has 3 nitrogen and oxygen atoms in total. The Balaban J connectivity index is 2.03. The van der Waals surface area contributed by atoms with Crippen molar-refractivity contribution in [3.8, 4) is 0 Å². The van der Waals surface area contributed by atoms with E-state index in [1.807, 2.05) is 12.1 Å². The quantitative estimate of drug-likeness (QED) is 0.749. The van der Waals surface area contributed by atoms with Crippen LogP contribution in [0.15, 0.2) is 36.4 Å². The largest absolute Gasteiger partial charge is 0.380 e. The number of fused-ring (bicyclic) bond motifs is 1. The highest BCUT2D eigenvalue weighted by Gasteiger charge is 2.10. The van der Waals surface area contributed by atoms with E-state index in [1.54, 1.807) is 0 Å². The van der Waals surface area contributed by atoms with Gasteiger partial charge in [0.1, 0.15) is 0 Å². The summed E-state index contributed by atoms with van der Waals surface area (Å²) in [5.74, 6) is 0. The highest BCUT2D eigenvalue weighted by molar-refractivity contribution is 5.78. The molecule has 0 aliphatic heterocycles. The summed E-state index contributed by atoms with van der Waals surface area (Å²) in [6.45, 7) is 6.78. The first-order chi connectivity index (χ1) is 9.83. The fraction of sp³-hybridized carbons (Fsp3) is 0.471. The molecule has 0 saturated carbocycles. The molecule has 1 N–H and O–H groups in total. The Morgan fingerprint density at radius 1 is 1.15 bits per heavy atom. The number of ether oxygens (including phenoxy) is 1. The molecule has 2 aromatic rings. The number of nitrogens with zero attached hydrogens (tertiary/aromatic N) is 1. The summed E-state index contributed by atoms with van der Waals surface area (Å²) in [5, 5.41) is 4.67. The molecular formula is C17H24N2O. The summed E-state index contributed by atoms with van der Waals surface area (Å²) in [6.07, 6.45) is 1.97. The minimum Gasteiger partial charge on any atom is -0.380 e. The number of rotatable bonds is 8. The molecule has 2 rings (SSSR count). The average Bonchev–Trinajstić information content (AvgIpc) is 2.47. The van der Waals surface area contributed by atoms with Gasteiger partial charge in [0.15, 0.2) is 0 Å². The molecule has 1 heterocycles. The number of hydrogen-bond acceptors (Lipinski definition) is 3. The predicted molar refractivity (Wildman–Crippen MR) is 84.0 cm³/mol. The Labute approximate surface area is 121 Å². The van der Waals surface area contributed by atoms with Crippen LogP contribution < -0.4 is 5.32 Å². The standard InChI is InChI=1S/C17H24N2O/c1-3-11-20-13-16(18-4-2)12-15-10-9-14-7-5-6-8-17(14)19-15/h5-10,16,18H,3-4,11-13H2,1-2H3. The molecule has 3 heteroatoms. The minimum atomic E-state index is 0.334. The maximum Gasteiger partial charge on any atom is 0.0705 e. The van der Waals surface area contributed by atoms with Crippen LogP contribution in [0.5, 0.6) is 0 Å². The second-order valence-corrected chi connectivity index (χ2v) is 5.03. The molecule has 1 unspecified atom stereocenters. The van der Waals surface area contributed by atoms with Gasteiger partial charge in [-0.2, -0.15) is 0 Å². The maximum absolute atomic E-state index is 5.67. The fourth-order valence-electron chi connectivity index (χ4n) is 2.32. The highest BCUT2D eigenvalue weighted by Crippen LogP contribution is 2.13. The lowest BCUT2D eigenvalue weighted by Gasteiger charge is -2.17. The summed E-state index contributed by atoms with van der Waals surface area (Å²) < 4.78 is 5.67. The Morgan fingerprint density at radius 3 is 2.80 bits per heavy atom. The van der Waals surface area contributed by atoms with Gasteiger partial charge in [-0.05, 0) is 25.1 Å². The van der Waals surface area contributed by atoms with Crippen molar-refractivity contribution >= 4 is 10.9 Å². The van der Waals surface area contributed by atoms with Gasteiger partial charge < -0.3 is 10.1 Å². The first-order valence-corrected chi connectivity index (χ1v) is 7.49. The van der Waals surface area contributed by atoms with Crippen molar-refractivity contribution in [2.45, 2.75) is 32.7 Å². The van der Waals surface area contributed by atoms with Crippen molar-refractivity contribution in [1.29, 1.82) is 0 Å². The van der Waals surface area contributed by atoms with Crippen LogP contribution in [0.3, 0.4) is 0 Å². The predicted octanol–water partition coefficient (Wildman–Crippen LogP) is 3.18. The molecule has 0 saturated heterocycles. The summed E-state index contributed by atoms with van der Waals surface area (Å²) >= 11 is 0. The third-order valence-electron chi connectivity index (χ3n) is 3.27. The summed E-state index contributed by atoms with van der Waals surface area (Å²) in [6, 6.07) is 12.8. The molecule has 0 fully saturated rings. The van der Waals surface area contributed by atoms with Gasteiger partial charge in [0.25, 0.3) is 0 Å². The van der Waals surface area contributed by atoms with Crippen molar-refractivity contribution < 1.29 is 4.74 Å². The normalized spacial score (nSPS) is 12.7. The van der Waals surface area contributed by atoms with E-state index < -0.39 is 0 Å². The third kappa shape index (κ3) is 4.29. The van der Waals surface area contributed by atoms with Gasteiger partial charge in [0, 0.05) is 30.1 Å². The zero-order chi connectivity index (χ0) is 14.2. The van der Waals surface area contributed by atoms with Gasteiger partial charge in [0.05, 0.1) is 12.1 Å². The molecule has 0 aliphatic rings. The molecule has 0 radical (unpaired) electrons. The average molecular weight is 272 g/mol. The number of hydrogen-bond donors (Lipinski definition) is 1. The van der Waals surface area contributed by atoms with Gasteiger partial charge in [0.2, 0.25) is 0 Å². The highest BCUT2D eigenvalue weighted by atomic mass is 16.5. The van der Waals surface area contributed by atoms with E-state index in [2.05, 4.69) is 43.4 Å². The van der Waals surface area contributed by atoms with Crippen LogP contribution in [-0.4, -0.2) is 30.8 Å². The van der Waals surface area contributed by atoms with Crippen molar-refractivity contribution in [2.24, 2.45) is 0 Å². The summed E-state index contributed by atoms with van der Waals surface area (Å²) in [7, 11) is 0. The molecule has 1 atom stereocenters. The van der Waals surface area contributed by atoms with Crippen LogP contribution in [0.2, 0.25) is 0 Å². The Hall–Kier alpha value is -1.45. The van der Waals surface area contributed by atoms with E-state index in [0.29, 0.717) is 6.04 Å². The second kappa shape index (κ2) is 7.98. The molecule has 1 aromatic carbocycles. The summed E-state index contributed by atoms with van der Waals surface area (Å²) in [4.78, 5) is 4.73. The number of likely N-dealkylation sites (N-methyl/N-ethyl adjacent to an activating group) is 1. The van der Waals surface area contributed by atoms with Crippen LogP contribution in [0.4, 0.5) is 0 Å². The molecule has 0 bridgehead atoms. The van der Waals surface area contributed by atoms with Crippen LogP contribution in [0.1, 0.15) is 26.0 Å². The van der Waals surface area contributed by atoms with E-state index >= 15 is 0 Å². The maximum atomic E-state index is 5.67. The van der Waals surface area contributed by atoms with Gasteiger partial charge >= 0.3 is 0 Å². The van der Waals surface area contributed by atoms with Gasteiger partial charge in [-0.3, -0.25) is 4.98 Å². The van der Waals surface area contributed by atoms with E-state index in [-0.39, 0.29) is 0 Å². The lowest BCUT2D eigenvalue weighted by Crippen LogP contribution is -2.35. The molecule has 1 aromatic heterocycles. The Morgan fingerprint density at radius 2 is 2.00 bits per heavy atom. The smallest absolute Gasteiger partial charge is 0.0705 e. The lowest BCUT2D eigenvalue weighted by molar-refractivity contribution is 0.112. The Kier molecular flexibility index (Phi) is 5.96. The number of nitrogens with one attached hydrogen (secondary N) is 1. The topological polar surface area (TPSA) is 34.1 Å². The minimum absolute atomic E-state index is 0.334. The number of para-hydroxylation sites is 1. The number of pyridine rings is 1. The number of benzene rings is 1. The van der Waals surface area contributed by atoms with Gasteiger partial charge in [-0.25, -0.2) is 0 Å². The molecule has 0 amide bonds. The van der Waals surface area contributed by atoms with Crippen LogP contribution in [-0.2, 0) is 11.2 Å².